The lowest BCUT2D eigenvalue weighted by atomic mass is 9.83. The highest BCUT2D eigenvalue weighted by Crippen LogP contribution is 2.44. The van der Waals surface area contributed by atoms with Crippen LogP contribution in [-0.4, -0.2) is 36.1 Å². The molecular formula is C25H31ClN2O3. The van der Waals surface area contributed by atoms with Crippen molar-refractivity contribution in [1.29, 1.82) is 0 Å². The van der Waals surface area contributed by atoms with Crippen LogP contribution in [0.4, 0.5) is 0 Å². The number of amides is 1. The summed E-state index contributed by atoms with van der Waals surface area (Å²) in [5, 5.41) is 0.680. The van der Waals surface area contributed by atoms with Crippen LogP contribution in [-0.2, 0) is 11.2 Å². The van der Waals surface area contributed by atoms with Gasteiger partial charge in [0.15, 0.2) is 11.5 Å². The SMILES string of the molecule is COc1cc2c(cc1OC(C)C)C(c1ccc(Cl)cc1)N(C1CCC(N)CC1)C(=O)C2. The van der Waals surface area contributed by atoms with Crippen molar-refractivity contribution < 1.29 is 14.3 Å². The lowest BCUT2D eigenvalue weighted by Gasteiger charge is -2.45. The molecule has 1 amide bonds. The zero-order valence-electron chi connectivity index (χ0n) is 18.4. The van der Waals surface area contributed by atoms with Gasteiger partial charge in [0.25, 0.3) is 0 Å². The molecule has 2 aliphatic rings. The normalized spacial score (nSPS) is 23.6. The van der Waals surface area contributed by atoms with Crippen LogP contribution in [0.5, 0.6) is 11.5 Å². The molecule has 1 aliphatic carbocycles. The number of nitrogens with zero attached hydrogens (tertiary/aromatic N) is 1. The Morgan fingerprint density at radius 1 is 1.06 bits per heavy atom. The molecule has 2 aromatic carbocycles. The van der Waals surface area contributed by atoms with Gasteiger partial charge in [-0.1, -0.05) is 23.7 Å². The van der Waals surface area contributed by atoms with Crippen molar-refractivity contribution in [2.75, 3.05) is 7.11 Å². The fraction of sp³-hybridized carbons (Fsp3) is 0.480. The van der Waals surface area contributed by atoms with E-state index >= 15 is 0 Å². The molecule has 1 saturated carbocycles. The van der Waals surface area contributed by atoms with Gasteiger partial charge in [-0.25, -0.2) is 0 Å². The molecule has 0 radical (unpaired) electrons. The second-order valence-corrected chi connectivity index (χ2v) is 9.31. The third-order valence-electron chi connectivity index (χ3n) is 6.31. The number of rotatable bonds is 5. The average Bonchev–Trinajstić information content (AvgIpc) is 2.74. The zero-order chi connectivity index (χ0) is 22.1. The van der Waals surface area contributed by atoms with Gasteiger partial charge in [-0.3, -0.25) is 4.79 Å². The summed E-state index contributed by atoms with van der Waals surface area (Å²) in [4.78, 5) is 15.5. The van der Waals surface area contributed by atoms with Crippen LogP contribution in [0.1, 0.15) is 62.3 Å². The number of nitrogens with two attached hydrogens (primary N) is 1. The summed E-state index contributed by atoms with van der Waals surface area (Å²) in [5.41, 5.74) is 9.28. The fourth-order valence-corrected chi connectivity index (χ4v) is 4.98. The van der Waals surface area contributed by atoms with Crippen LogP contribution in [0.2, 0.25) is 5.02 Å². The van der Waals surface area contributed by atoms with Gasteiger partial charge in [-0.15, -0.1) is 0 Å². The van der Waals surface area contributed by atoms with Crippen LogP contribution in [0.15, 0.2) is 36.4 Å². The molecule has 1 unspecified atom stereocenters. The highest BCUT2D eigenvalue weighted by molar-refractivity contribution is 6.30. The smallest absolute Gasteiger partial charge is 0.228 e. The van der Waals surface area contributed by atoms with Crippen LogP contribution >= 0.6 is 11.6 Å². The molecule has 1 heterocycles. The molecule has 4 rings (SSSR count). The molecule has 2 N–H and O–H groups in total. The quantitative estimate of drug-likeness (QED) is 0.716. The summed E-state index contributed by atoms with van der Waals surface area (Å²) in [6, 6.07) is 12.1. The number of hydrogen-bond acceptors (Lipinski definition) is 4. The third-order valence-corrected chi connectivity index (χ3v) is 6.56. The first-order valence-electron chi connectivity index (χ1n) is 11.1. The van der Waals surface area contributed by atoms with E-state index in [4.69, 9.17) is 26.8 Å². The number of methoxy groups -OCH3 is 1. The van der Waals surface area contributed by atoms with E-state index in [9.17, 15) is 4.79 Å². The summed E-state index contributed by atoms with van der Waals surface area (Å²) in [6.45, 7) is 3.99. The number of fused-ring (bicyclic) bond motifs is 1. The van der Waals surface area contributed by atoms with E-state index in [2.05, 4.69) is 11.0 Å². The Balaban J connectivity index is 1.83. The molecule has 166 valence electrons. The Labute approximate surface area is 189 Å². The Kier molecular flexibility index (Phi) is 6.44. The maximum absolute atomic E-state index is 13.4. The summed E-state index contributed by atoms with van der Waals surface area (Å²) in [5.74, 6) is 1.51. The van der Waals surface area contributed by atoms with Crippen molar-refractivity contribution in [3.63, 3.8) is 0 Å². The molecule has 1 fully saturated rings. The first-order chi connectivity index (χ1) is 14.9. The highest BCUT2D eigenvalue weighted by atomic mass is 35.5. The van der Waals surface area contributed by atoms with Gasteiger partial charge in [0.2, 0.25) is 5.91 Å². The van der Waals surface area contributed by atoms with Crippen LogP contribution in [0, 0.1) is 0 Å². The predicted molar refractivity (Wildman–Crippen MR) is 123 cm³/mol. The number of benzene rings is 2. The minimum atomic E-state index is -0.187. The van der Waals surface area contributed by atoms with E-state index in [0.29, 0.717) is 22.9 Å². The van der Waals surface area contributed by atoms with E-state index < -0.39 is 0 Å². The highest BCUT2D eigenvalue weighted by Gasteiger charge is 2.39. The lowest BCUT2D eigenvalue weighted by Crippen LogP contribution is -2.49. The number of hydrogen-bond donors (Lipinski definition) is 1. The molecule has 0 bridgehead atoms. The molecule has 6 heteroatoms. The van der Waals surface area contributed by atoms with Gasteiger partial charge >= 0.3 is 0 Å². The summed E-state index contributed by atoms with van der Waals surface area (Å²) >= 11 is 6.17. The lowest BCUT2D eigenvalue weighted by molar-refractivity contribution is -0.136. The van der Waals surface area contributed by atoms with E-state index in [0.717, 1.165) is 42.4 Å². The standard InChI is InChI=1S/C25H31ClN2O3/c1-15(2)31-23-14-21-17(12-22(23)30-3)13-24(29)28(20-10-8-19(27)9-11-20)25(21)16-4-6-18(26)7-5-16/h4-7,12,14-15,19-20,25H,8-11,13,27H2,1-3H3. The summed E-state index contributed by atoms with van der Waals surface area (Å²) in [7, 11) is 1.63. The molecule has 0 spiro atoms. The van der Waals surface area contributed by atoms with E-state index in [1.807, 2.05) is 44.2 Å². The van der Waals surface area contributed by atoms with Gasteiger partial charge in [-0.2, -0.15) is 0 Å². The van der Waals surface area contributed by atoms with E-state index in [1.54, 1.807) is 7.11 Å². The van der Waals surface area contributed by atoms with Crippen molar-refractivity contribution in [3.8, 4) is 11.5 Å². The third kappa shape index (κ3) is 4.53. The van der Waals surface area contributed by atoms with Crippen molar-refractivity contribution in [3.05, 3.63) is 58.1 Å². The van der Waals surface area contributed by atoms with Gasteiger partial charge in [0, 0.05) is 17.1 Å². The van der Waals surface area contributed by atoms with E-state index in [1.165, 1.54) is 0 Å². The van der Waals surface area contributed by atoms with Gasteiger partial charge < -0.3 is 20.1 Å². The summed E-state index contributed by atoms with van der Waals surface area (Å²) < 4.78 is 11.6. The second-order valence-electron chi connectivity index (χ2n) is 8.87. The zero-order valence-corrected chi connectivity index (χ0v) is 19.2. The molecule has 31 heavy (non-hydrogen) atoms. The molecule has 0 aromatic heterocycles. The van der Waals surface area contributed by atoms with Gasteiger partial charge in [0.05, 0.1) is 25.7 Å². The number of carbonyl (C=O) groups is 1. The minimum Gasteiger partial charge on any atom is -0.493 e. The van der Waals surface area contributed by atoms with Crippen molar-refractivity contribution >= 4 is 17.5 Å². The Morgan fingerprint density at radius 3 is 2.35 bits per heavy atom. The first kappa shape index (κ1) is 22.0. The minimum absolute atomic E-state index is 0.0158. The predicted octanol–water partition coefficient (Wildman–Crippen LogP) is 4.88. The van der Waals surface area contributed by atoms with Crippen LogP contribution in [0.3, 0.4) is 0 Å². The molecule has 1 aliphatic heterocycles. The van der Waals surface area contributed by atoms with Crippen LogP contribution in [0.25, 0.3) is 0 Å². The van der Waals surface area contributed by atoms with Gasteiger partial charge in [-0.05, 0) is 80.5 Å². The maximum Gasteiger partial charge on any atom is 0.228 e. The largest absolute Gasteiger partial charge is 0.493 e. The Bertz CT molecular complexity index is 937. The van der Waals surface area contributed by atoms with Crippen LogP contribution < -0.4 is 15.2 Å². The van der Waals surface area contributed by atoms with E-state index in [-0.39, 0.29) is 30.1 Å². The monoisotopic (exact) mass is 442 g/mol. The number of carbonyl (C=O) groups excluding carboxylic acids is 1. The molecule has 0 saturated heterocycles. The second kappa shape index (κ2) is 9.09. The summed E-state index contributed by atoms with van der Waals surface area (Å²) in [6.07, 6.45) is 4.12. The fourth-order valence-electron chi connectivity index (χ4n) is 4.86. The van der Waals surface area contributed by atoms with Gasteiger partial charge in [0.1, 0.15) is 0 Å². The topological polar surface area (TPSA) is 64.8 Å². The Hall–Kier alpha value is -2.24. The number of halogens is 1. The van der Waals surface area contributed by atoms with Crippen molar-refractivity contribution in [2.24, 2.45) is 5.73 Å². The average molecular weight is 443 g/mol. The maximum atomic E-state index is 13.4. The van der Waals surface area contributed by atoms with Crippen molar-refractivity contribution in [1.82, 2.24) is 4.90 Å². The first-order valence-corrected chi connectivity index (χ1v) is 11.4. The molecular weight excluding hydrogens is 412 g/mol. The molecule has 1 atom stereocenters. The number of ether oxygens (including phenoxy) is 2. The molecule has 5 nitrogen and oxygen atoms in total. The van der Waals surface area contributed by atoms with Crippen molar-refractivity contribution in [2.45, 2.75) is 70.2 Å². The molecule has 2 aromatic rings. The Morgan fingerprint density at radius 2 is 1.74 bits per heavy atom.